The maximum Gasteiger partial charge on any atom is 0.321 e. The monoisotopic (exact) mass is 546 g/mol. The fourth-order valence-corrected chi connectivity index (χ4v) is 4.17. The van der Waals surface area contributed by atoms with Gasteiger partial charge in [0.05, 0.1) is 28.5 Å². The summed E-state index contributed by atoms with van der Waals surface area (Å²) in [5.74, 6) is -5.80. The first-order chi connectivity index (χ1) is 17.8. The molecule has 0 spiro atoms. The van der Waals surface area contributed by atoms with E-state index in [1.54, 1.807) is 62.2 Å². The highest BCUT2D eigenvalue weighted by atomic mass is 35.5. The minimum atomic E-state index is -3.61. The van der Waals surface area contributed by atoms with Crippen LogP contribution >= 0.6 is 11.6 Å². The number of ether oxygens (including phenoxy) is 1. The molecular formula is C27H26ClF3N4O3. The van der Waals surface area contributed by atoms with E-state index in [0.29, 0.717) is 29.3 Å². The molecule has 4 rings (SSSR count). The number of fused-ring (bicyclic) bond motifs is 1. The minimum absolute atomic E-state index is 0.107. The molecule has 7 nitrogen and oxygen atoms in total. The number of benzene rings is 2. The minimum Gasteiger partial charge on any atom is -0.484 e. The Kier molecular flexibility index (Phi) is 7.55. The molecule has 0 bridgehead atoms. The zero-order valence-corrected chi connectivity index (χ0v) is 21.8. The van der Waals surface area contributed by atoms with Gasteiger partial charge in [-0.1, -0.05) is 31.5 Å². The molecule has 1 amide bonds. The summed E-state index contributed by atoms with van der Waals surface area (Å²) in [4.78, 5) is 24.0. The lowest BCUT2D eigenvalue weighted by atomic mass is 9.92. The predicted octanol–water partition coefficient (Wildman–Crippen LogP) is 5.43. The lowest BCUT2D eigenvalue weighted by Crippen LogP contribution is -2.49. The van der Waals surface area contributed by atoms with Crippen LogP contribution in [0.15, 0.2) is 65.7 Å². The van der Waals surface area contributed by atoms with Crippen molar-refractivity contribution in [2.45, 2.75) is 38.8 Å². The smallest absolute Gasteiger partial charge is 0.321 e. The molecule has 2 aromatic carbocycles. The van der Waals surface area contributed by atoms with Gasteiger partial charge < -0.3 is 14.6 Å². The number of hydrogen-bond acceptors (Lipinski definition) is 4. The van der Waals surface area contributed by atoms with Crippen LogP contribution in [0.2, 0.25) is 5.02 Å². The maximum atomic E-state index is 14.4. The summed E-state index contributed by atoms with van der Waals surface area (Å²) in [6.07, 6.45) is 2.25. The zero-order chi connectivity index (χ0) is 27.8. The Hall–Kier alpha value is -3.79. The van der Waals surface area contributed by atoms with Crippen LogP contribution in [0, 0.1) is 11.7 Å². The summed E-state index contributed by atoms with van der Waals surface area (Å²) >= 11 is 5.86. The Bertz CT molecular complexity index is 1540. The van der Waals surface area contributed by atoms with Crippen molar-refractivity contribution >= 4 is 28.4 Å². The number of carbonyl (C=O) groups is 1. The van der Waals surface area contributed by atoms with Gasteiger partial charge in [-0.3, -0.25) is 9.59 Å². The quantitative estimate of drug-likeness (QED) is 0.319. The van der Waals surface area contributed by atoms with E-state index in [1.807, 2.05) is 0 Å². The SMILES string of the molecule is CC(C)C(NC(=O)C(C)(F)F)[C@H](Oc1ccc2c(cnn2-c2ccc(=O)n(C)c2)c1)c1ccc(Cl)c(F)c1. The lowest BCUT2D eigenvalue weighted by molar-refractivity contribution is -0.145. The van der Waals surface area contributed by atoms with E-state index in [4.69, 9.17) is 16.3 Å². The molecule has 0 aliphatic carbocycles. The Morgan fingerprint density at radius 3 is 2.50 bits per heavy atom. The van der Waals surface area contributed by atoms with Gasteiger partial charge in [0.15, 0.2) is 0 Å². The van der Waals surface area contributed by atoms with Crippen LogP contribution in [-0.2, 0) is 11.8 Å². The molecule has 38 heavy (non-hydrogen) atoms. The molecule has 4 aromatic rings. The third-order valence-electron chi connectivity index (χ3n) is 6.13. The molecule has 0 aliphatic rings. The highest BCUT2D eigenvalue weighted by Gasteiger charge is 2.38. The van der Waals surface area contributed by atoms with Gasteiger partial charge in [0, 0.05) is 31.6 Å². The molecular weight excluding hydrogens is 521 g/mol. The lowest BCUT2D eigenvalue weighted by Gasteiger charge is -2.32. The summed E-state index contributed by atoms with van der Waals surface area (Å²) < 4.78 is 51.2. The average molecular weight is 547 g/mol. The van der Waals surface area contributed by atoms with Gasteiger partial charge in [-0.15, -0.1) is 0 Å². The van der Waals surface area contributed by atoms with Gasteiger partial charge >= 0.3 is 5.92 Å². The zero-order valence-electron chi connectivity index (χ0n) is 21.1. The number of aryl methyl sites for hydroxylation is 1. The Morgan fingerprint density at radius 2 is 1.87 bits per heavy atom. The molecule has 0 saturated carbocycles. The van der Waals surface area contributed by atoms with Gasteiger partial charge in [0.25, 0.3) is 5.91 Å². The van der Waals surface area contributed by atoms with E-state index in [1.165, 1.54) is 22.8 Å². The highest BCUT2D eigenvalue weighted by Crippen LogP contribution is 2.33. The molecule has 0 fully saturated rings. The summed E-state index contributed by atoms with van der Waals surface area (Å²) in [7, 11) is 1.64. The van der Waals surface area contributed by atoms with Crippen molar-refractivity contribution in [2.75, 3.05) is 0 Å². The largest absolute Gasteiger partial charge is 0.484 e. The van der Waals surface area contributed by atoms with Crippen LogP contribution in [-0.4, -0.2) is 32.2 Å². The number of alkyl halides is 2. The number of amides is 1. The van der Waals surface area contributed by atoms with Crippen molar-refractivity contribution in [1.29, 1.82) is 0 Å². The van der Waals surface area contributed by atoms with E-state index >= 15 is 0 Å². The van der Waals surface area contributed by atoms with Crippen molar-refractivity contribution in [1.82, 2.24) is 19.7 Å². The second-order valence-electron chi connectivity index (χ2n) is 9.46. The topological polar surface area (TPSA) is 78.2 Å². The van der Waals surface area contributed by atoms with E-state index in [-0.39, 0.29) is 16.5 Å². The molecule has 1 N–H and O–H groups in total. The molecule has 0 aliphatic heterocycles. The number of rotatable bonds is 8. The van der Waals surface area contributed by atoms with Gasteiger partial charge in [-0.25, -0.2) is 9.07 Å². The standard InChI is InChI=1S/C27H26ClF3N4O3/c1-15(2)24(33-26(37)27(3,30)31)25(16-5-8-20(28)21(29)12-16)38-19-7-9-22-17(11-19)13-32-35(22)18-6-10-23(36)34(4)14-18/h5-15,24-25H,1-4H3,(H,33,37)/t24?,25-/m1/s1. The van der Waals surface area contributed by atoms with Gasteiger partial charge in [0.2, 0.25) is 5.56 Å². The van der Waals surface area contributed by atoms with Crippen molar-refractivity contribution in [3.05, 3.63) is 87.7 Å². The van der Waals surface area contributed by atoms with Crippen LogP contribution in [0.3, 0.4) is 0 Å². The average Bonchev–Trinajstić information content (AvgIpc) is 3.27. The molecule has 11 heteroatoms. The molecule has 0 radical (unpaired) electrons. The number of aromatic nitrogens is 3. The van der Waals surface area contributed by atoms with Crippen molar-refractivity contribution in [3.63, 3.8) is 0 Å². The Morgan fingerprint density at radius 1 is 1.13 bits per heavy atom. The molecule has 2 heterocycles. The number of hydrogen-bond donors (Lipinski definition) is 1. The van der Waals surface area contributed by atoms with Gasteiger partial charge in [-0.2, -0.15) is 13.9 Å². The first-order valence-electron chi connectivity index (χ1n) is 11.8. The number of pyridine rings is 1. The van der Waals surface area contributed by atoms with Crippen LogP contribution < -0.4 is 15.6 Å². The molecule has 0 saturated heterocycles. The van der Waals surface area contributed by atoms with Crippen LogP contribution in [0.1, 0.15) is 32.4 Å². The van der Waals surface area contributed by atoms with Crippen LogP contribution in [0.25, 0.3) is 16.6 Å². The summed E-state index contributed by atoms with van der Waals surface area (Å²) in [6.45, 7) is 3.98. The first-order valence-corrected chi connectivity index (χ1v) is 12.2. The van der Waals surface area contributed by atoms with E-state index in [9.17, 15) is 22.8 Å². The third-order valence-corrected chi connectivity index (χ3v) is 6.44. The number of carbonyl (C=O) groups excluding carboxylic acids is 1. The van der Waals surface area contributed by atoms with E-state index < -0.39 is 29.8 Å². The van der Waals surface area contributed by atoms with Crippen molar-refractivity contribution in [3.8, 4) is 11.4 Å². The first kappa shape index (κ1) is 27.3. The van der Waals surface area contributed by atoms with Gasteiger partial charge in [0.1, 0.15) is 17.7 Å². The maximum absolute atomic E-state index is 14.4. The number of nitrogens with one attached hydrogen (secondary N) is 1. The number of halogens is 4. The second-order valence-corrected chi connectivity index (χ2v) is 9.86. The molecule has 200 valence electrons. The fourth-order valence-electron chi connectivity index (χ4n) is 4.05. The third kappa shape index (κ3) is 5.70. The number of nitrogens with zero attached hydrogens (tertiary/aromatic N) is 3. The Labute approximate surface area is 221 Å². The Balaban J connectivity index is 1.73. The molecule has 2 aromatic heterocycles. The fraction of sp³-hybridized carbons (Fsp3) is 0.296. The predicted molar refractivity (Wildman–Crippen MR) is 138 cm³/mol. The van der Waals surface area contributed by atoms with Crippen LogP contribution in [0.5, 0.6) is 5.75 Å². The highest BCUT2D eigenvalue weighted by molar-refractivity contribution is 6.30. The van der Waals surface area contributed by atoms with Crippen molar-refractivity contribution in [2.24, 2.45) is 13.0 Å². The normalized spacial score (nSPS) is 13.5. The molecule has 1 unspecified atom stereocenters. The second kappa shape index (κ2) is 10.5. The summed E-state index contributed by atoms with van der Waals surface area (Å²) in [5.41, 5.74) is 1.56. The summed E-state index contributed by atoms with van der Waals surface area (Å²) in [6, 6.07) is 11.3. The van der Waals surface area contributed by atoms with Gasteiger partial charge in [-0.05, 0) is 47.9 Å². The van der Waals surface area contributed by atoms with Crippen molar-refractivity contribution < 1.29 is 22.7 Å². The van der Waals surface area contributed by atoms with E-state index in [2.05, 4.69) is 10.4 Å². The molecule has 2 atom stereocenters. The summed E-state index contributed by atoms with van der Waals surface area (Å²) in [5, 5.41) is 7.37. The van der Waals surface area contributed by atoms with Crippen LogP contribution in [0.4, 0.5) is 13.2 Å². The van der Waals surface area contributed by atoms with E-state index in [0.717, 1.165) is 11.6 Å².